The summed E-state index contributed by atoms with van der Waals surface area (Å²) < 4.78 is 8.40. The minimum Gasteiger partial charge on any atom is -0.454 e. The highest BCUT2D eigenvalue weighted by atomic mass is 79.9. The van der Waals surface area contributed by atoms with Crippen LogP contribution in [0.1, 0.15) is 0 Å². The molecule has 84 valence electrons. The van der Waals surface area contributed by atoms with E-state index in [1.54, 1.807) is 10.9 Å². The van der Waals surface area contributed by atoms with Gasteiger partial charge in [0, 0.05) is 11.0 Å². The van der Waals surface area contributed by atoms with Crippen LogP contribution in [0.3, 0.4) is 0 Å². The molecule has 0 unspecified atom stereocenters. The lowest BCUT2D eigenvalue weighted by molar-refractivity contribution is 0.481. The van der Waals surface area contributed by atoms with Gasteiger partial charge in [-0.05, 0) is 24.3 Å². The molecule has 0 bridgehead atoms. The molecule has 0 aliphatic rings. The molecule has 2 rings (SSSR count). The average Bonchev–Trinajstić information content (AvgIpc) is 2.70. The van der Waals surface area contributed by atoms with E-state index in [-0.39, 0.29) is 0 Å². The maximum atomic E-state index is 5.62. The summed E-state index contributed by atoms with van der Waals surface area (Å²) in [6.07, 6.45) is 3.51. The van der Waals surface area contributed by atoms with Gasteiger partial charge >= 0.3 is 0 Å². The summed E-state index contributed by atoms with van der Waals surface area (Å²) in [6, 6.07) is 7.65. The molecule has 16 heavy (non-hydrogen) atoms. The molecule has 1 aromatic heterocycles. The van der Waals surface area contributed by atoms with Crippen LogP contribution in [0.2, 0.25) is 0 Å². The van der Waals surface area contributed by atoms with Crippen LogP contribution in [-0.2, 0) is 6.54 Å². The predicted octanol–water partition coefficient (Wildman–Crippen LogP) is 2.40. The fourth-order valence-electron chi connectivity index (χ4n) is 1.29. The monoisotopic (exact) mass is 281 g/mol. The van der Waals surface area contributed by atoms with Gasteiger partial charge in [-0.3, -0.25) is 4.68 Å². The Bertz CT molecular complexity index is 453. The van der Waals surface area contributed by atoms with Crippen molar-refractivity contribution in [3.8, 4) is 11.5 Å². The van der Waals surface area contributed by atoms with Crippen molar-refractivity contribution < 1.29 is 4.74 Å². The molecule has 4 nitrogen and oxygen atoms in total. The highest BCUT2D eigenvalue weighted by molar-refractivity contribution is 9.10. The summed E-state index contributed by atoms with van der Waals surface area (Å²) >= 11 is 3.37. The summed E-state index contributed by atoms with van der Waals surface area (Å²) in [7, 11) is 0. The van der Waals surface area contributed by atoms with E-state index in [0.29, 0.717) is 13.1 Å². The summed E-state index contributed by atoms with van der Waals surface area (Å²) in [4.78, 5) is 0. The zero-order chi connectivity index (χ0) is 11.4. The molecule has 0 aliphatic carbocycles. The van der Waals surface area contributed by atoms with E-state index >= 15 is 0 Å². The second-order valence-electron chi connectivity index (χ2n) is 3.28. The zero-order valence-electron chi connectivity index (χ0n) is 8.64. The van der Waals surface area contributed by atoms with Crippen LogP contribution in [0.15, 0.2) is 41.1 Å². The van der Waals surface area contributed by atoms with E-state index in [9.17, 15) is 0 Å². The van der Waals surface area contributed by atoms with Gasteiger partial charge in [0.05, 0.1) is 18.9 Å². The van der Waals surface area contributed by atoms with Gasteiger partial charge in [-0.25, -0.2) is 0 Å². The molecule has 0 amide bonds. The number of halogens is 1. The number of benzene rings is 1. The van der Waals surface area contributed by atoms with Crippen molar-refractivity contribution >= 4 is 15.9 Å². The minimum atomic E-state index is 0.569. The quantitative estimate of drug-likeness (QED) is 0.936. The van der Waals surface area contributed by atoms with Crippen LogP contribution in [0.25, 0.3) is 0 Å². The molecular formula is C11H12BrN3O. The minimum absolute atomic E-state index is 0.569. The number of hydrogen-bond acceptors (Lipinski definition) is 3. The van der Waals surface area contributed by atoms with Crippen LogP contribution in [-0.4, -0.2) is 16.3 Å². The first kappa shape index (κ1) is 11.2. The first-order valence-electron chi connectivity index (χ1n) is 4.94. The fraction of sp³-hybridized carbons (Fsp3) is 0.182. The Labute approximate surface area is 102 Å². The molecule has 0 radical (unpaired) electrons. The topological polar surface area (TPSA) is 53.1 Å². The lowest BCUT2D eigenvalue weighted by Gasteiger charge is -2.01. The SMILES string of the molecule is NCCn1cc(Oc2ccc(Br)cc2)cn1. The van der Waals surface area contributed by atoms with Crippen molar-refractivity contribution in [2.45, 2.75) is 6.54 Å². The summed E-state index contributed by atoms with van der Waals surface area (Å²) in [5, 5.41) is 4.12. The fourth-order valence-corrected chi connectivity index (χ4v) is 1.55. The molecule has 0 saturated carbocycles. The molecular weight excluding hydrogens is 270 g/mol. The third-order valence-electron chi connectivity index (χ3n) is 2.02. The number of aromatic nitrogens is 2. The van der Waals surface area contributed by atoms with Gasteiger partial charge in [0.1, 0.15) is 5.75 Å². The van der Waals surface area contributed by atoms with E-state index in [2.05, 4.69) is 21.0 Å². The van der Waals surface area contributed by atoms with Gasteiger partial charge in [-0.15, -0.1) is 0 Å². The number of nitrogens with zero attached hydrogens (tertiary/aromatic N) is 2. The number of hydrogen-bond donors (Lipinski definition) is 1. The van der Waals surface area contributed by atoms with Crippen LogP contribution >= 0.6 is 15.9 Å². The molecule has 0 aliphatic heterocycles. The second-order valence-corrected chi connectivity index (χ2v) is 4.20. The smallest absolute Gasteiger partial charge is 0.165 e. The predicted molar refractivity (Wildman–Crippen MR) is 65.5 cm³/mol. The van der Waals surface area contributed by atoms with Crippen molar-refractivity contribution in [1.29, 1.82) is 0 Å². The molecule has 2 N–H and O–H groups in total. The number of rotatable bonds is 4. The van der Waals surface area contributed by atoms with Crippen molar-refractivity contribution in [3.63, 3.8) is 0 Å². The van der Waals surface area contributed by atoms with E-state index < -0.39 is 0 Å². The summed E-state index contributed by atoms with van der Waals surface area (Å²) in [6.45, 7) is 1.27. The average molecular weight is 282 g/mol. The van der Waals surface area contributed by atoms with Gasteiger partial charge in [0.15, 0.2) is 5.75 Å². The molecule has 0 saturated heterocycles. The maximum Gasteiger partial charge on any atom is 0.165 e. The Morgan fingerprint density at radius 1 is 1.25 bits per heavy atom. The Morgan fingerprint density at radius 2 is 2.00 bits per heavy atom. The zero-order valence-corrected chi connectivity index (χ0v) is 10.2. The van der Waals surface area contributed by atoms with Crippen LogP contribution in [0, 0.1) is 0 Å². The van der Waals surface area contributed by atoms with E-state index in [4.69, 9.17) is 10.5 Å². The summed E-state index contributed by atoms with van der Waals surface area (Å²) in [5.74, 6) is 1.51. The van der Waals surface area contributed by atoms with Crippen molar-refractivity contribution in [2.24, 2.45) is 5.73 Å². The van der Waals surface area contributed by atoms with Gasteiger partial charge < -0.3 is 10.5 Å². The number of nitrogens with two attached hydrogens (primary N) is 1. The standard InChI is InChI=1S/C11H12BrN3O/c12-9-1-3-10(4-2-9)16-11-7-14-15(8-11)6-5-13/h1-4,7-8H,5-6,13H2. The molecule has 1 heterocycles. The lowest BCUT2D eigenvalue weighted by Crippen LogP contribution is -2.09. The molecule has 0 spiro atoms. The van der Waals surface area contributed by atoms with Gasteiger partial charge in [0.25, 0.3) is 0 Å². The normalized spacial score (nSPS) is 10.4. The highest BCUT2D eigenvalue weighted by Crippen LogP contribution is 2.22. The third-order valence-corrected chi connectivity index (χ3v) is 2.55. The van der Waals surface area contributed by atoms with Gasteiger partial charge in [-0.2, -0.15) is 5.10 Å². The van der Waals surface area contributed by atoms with Crippen LogP contribution in [0.4, 0.5) is 0 Å². The van der Waals surface area contributed by atoms with Gasteiger partial charge in [-0.1, -0.05) is 15.9 Å². The molecule has 2 aromatic rings. The van der Waals surface area contributed by atoms with E-state index in [1.165, 1.54) is 0 Å². The first-order valence-corrected chi connectivity index (χ1v) is 5.73. The second kappa shape index (κ2) is 5.14. The first-order chi connectivity index (χ1) is 7.78. The van der Waals surface area contributed by atoms with Crippen LogP contribution < -0.4 is 10.5 Å². The maximum absolute atomic E-state index is 5.62. The molecule has 1 aromatic carbocycles. The summed E-state index contributed by atoms with van der Waals surface area (Å²) in [5.41, 5.74) is 5.43. The Balaban J connectivity index is 2.05. The third kappa shape index (κ3) is 2.84. The molecule has 5 heteroatoms. The largest absolute Gasteiger partial charge is 0.454 e. The Morgan fingerprint density at radius 3 is 2.69 bits per heavy atom. The lowest BCUT2D eigenvalue weighted by atomic mass is 10.3. The molecule has 0 fully saturated rings. The highest BCUT2D eigenvalue weighted by Gasteiger charge is 2.00. The Hall–Kier alpha value is -1.33. The van der Waals surface area contributed by atoms with Gasteiger partial charge in [0.2, 0.25) is 0 Å². The molecule has 0 atom stereocenters. The number of ether oxygens (including phenoxy) is 1. The van der Waals surface area contributed by atoms with Crippen molar-refractivity contribution in [3.05, 3.63) is 41.1 Å². The van der Waals surface area contributed by atoms with E-state index in [0.717, 1.165) is 16.0 Å². The van der Waals surface area contributed by atoms with Crippen molar-refractivity contribution in [2.75, 3.05) is 6.54 Å². The Kier molecular flexibility index (Phi) is 3.58. The van der Waals surface area contributed by atoms with Crippen LogP contribution in [0.5, 0.6) is 11.5 Å². The van der Waals surface area contributed by atoms with Crippen molar-refractivity contribution in [1.82, 2.24) is 9.78 Å². The van der Waals surface area contributed by atoms with E-state index in [1.807, 2.05) is 30.5 Å².